The van der Waals surface area contributed by atoms with Gasteiger partial charge in [0.15, 0.2) is 9.84 Å². The number of hydrogen-bond donors (Lipinski definition) is 2. The molecule has 6 nitrogen and oxygen atoms in total. The zero-order valence-corrected chi connectivity index (χ0v) is 11.4. The smallest absolute Gasteiger partial charge is 0.309 e. The van der Waals surface area contributed by atoms with Gasteiger partial charge in [-0.3, -0.25) is 9.59 Å². The largest absolute Gasteiger partial charge is 0.481 e. The van der Waals surface area contributed by atoms with E-state index in [4.69, 9.17) is 5.11 Å². The van der Waals surface area contributed by atoms with Gasteiger partial charge in [-0.1, -0.05) is 0 Å². The highest BCUT2D eigenvalue weighted by Crippen LogP contribution is 2.21. The van der Waals surface area contributed by atoms with Crippen molar-refractivity contribution in [1.29, 1.82) is 0 Å². The van der Waals surface area contributed by atoms with E-state index in [1.54, 1.807) is 0 Å². The summed E-state index contributed by atoms with van der Waals surface area (Å²) in [6.07, 6.45) is 0.451. The van der Waals surface area contributed by atoms with Gasteiger partial charge in [-0.15, -0.1) is 0 Å². The Bertz CT molecular complexity index is 440. The number of carbonyl (C=O) groups excluding carboxylic acids is 1. The summed E-state index contributed by atoms with van der Waals surface area (Å²) < 4.78 is 22.4. The second kappa shape index (κ2) is 5.26. The van der Waals surface area contributed by atoms with Gasteiger partial charge >= 0.3 is 5.97 Å². The Hall–Kier alpha value is -1.11. The van der Waals surface area contributed by atoms with Crippen LogP contribution >= 0.6 is 0 Å². The molecule has 1 amide bonds. The highest BCUT2D eigenvalue weighted by atomic mass is 32.2. The zero-order valence-electron chi connectivity index (χ0n) is 10.6. The lowest BCUT2D eigenvalue weighted by atomic mass is 9.89. The Morgan fingerprint density at radius 1 is 1.39 bits per heavy atom. The van der Waals surface area contributed by atoms with Crippen molar-refractivity contribution >= 4 is 21.7 Å². The van der Waals surface area contributed by atoms with E-state index in [1.165, 1.54) is 13.8 Å². The van der Waals surface area contributed by atoms with E-state index in [9.17, 15) is 18.0 Å². The Morgan fingerprint density at radius 3 is 2.44 bits per heavy atom. The van der Waals surface area contributed by atoms with Crippen LogP contribution in [0.2, 0.25) is 0 Å². The molecule has 1 atom stereocenters. The van der Waals surface area contributed by atoms with Crippen molar-refractivity contribution in [3.8, 4) is 0 Å². The molecule has 18 heavy (non-hydrogen) atoms. The molecule has 0 aliphatic carbocycles. The van der Waals surface area contributed by atoms with Gasteiger partial charge < -0.3 is 10.4 Å². The Morgan fingerprint density at radius 2 is 2.00 bits per heavy atom. The van der Waals surface area contributed by atoms with Crippen LogP contribution in [-0.4, -0.2) is 43.5 Å². The SMILES string of the molecule is CC(C)(CC(=O)NCC1CCS(=O)(=O)C1)C(=O)O. The molecule has 104 valence electrons. The fourth-order valence-corrected chi connectivity index (χ4v) is 3.69. The zero-order chi connectivity index (χ0) is 14.0. The van der Waals surface area contributed by atoms with Crippen molar-refractivity contribution in [3.05, 3.63) is 0 Å². The molecule has 1 saturated heterocycles. The quantitative estimate of drug-likeness (QED) is 0.739. The van der Waals surface area contributed by atoms with Crippen molar-refractivity contribution in [2.75, 3.05) is 18.1 Å². The molecule has 1 unspecified atom stereocenters. The van der Waals surface area contributed by atoms with Gasteiger partial charge in [-0.05, 0) is 26.2 Å². The fraction of sp³-hybridized carbons (Fsp3) is 0.818. The normalized spacial score (nSPS) is 22.7. The van der Waals surface area contributed by atoms with Crippen LogP contribution in [0.15, 0.2) is 0 Å². The molecule has 1 aliphatic heterocycles. The minimum absolute atomic E-state index is 0.0492. The van der Waals surface area contributed by atoms with E-state index in [1.807, 2.05) is 0 Å². The number of rotatable bonds is 5. The third-order valence-corrected chi connectivity index (χ3v) is 4.93. The van der Waals surface area contributed by atoms with Crippen LogP contribution in [0.25, 0.3) is 0 Å². The Kier molecular flexibility index (Phi) is 4.37. The molecule has 1 fully saturated rings. The van der Waals surface area contributed by atoms with Crippen LogP contribution in [0.3, 0.4) is 0 Å². The van der Waals surface area contributed by atoms with E-state index < -0.39 is 21.2 Å². The van der Waals surface area contributed by atoms with Crippen LogP contribution in [0, 0.1) is 11.3 Å². The number of aliphatic carboxylic acids is 1. The third kappa shape index (κ3) is 4.29. The van der Waals surface area contributed by atoms with Gasteiger partial charge in [-0.2, -0.15) is 0 Å². The van der Waals surface area contributed by atoms with Gasteiger partial charge in [0, 0.05) is 13.0 Å². The van der Waals surface area contributed by atoms with Gasteiger partial charge in [-0.25, -0.2) is 8.42 Å². The molecule has 0 aromatic carbocycles. The summed E-state index contributed by atoms with van der Waals surface area (Å²) in [5.41, 5.74) is -1.11. The lowest BCUT2D eigenvalue weighted by Gasteiger charge is -2.18. The van der Waals surface area contributed by atoms with Gasteiger partial charge in [0.2, 0.25) is 5.91 Å². The van der Waals surface area contributed by atoms with Gasteiger partial charge in [0.25, 0.3) is 0 Å². The lowest BCUT2D eigenvalue weighted by molar-refractivity contribution is -0.149. The summed E-state index contributed by atoms with van der Waals surface area (Å²) >= 11 is 0. The second-order valence-corrected chi connectivity index (χ2v) is 7.67. The predicted molar refractivity (Wildman–Crippen MR) is 65.8 cm³/mol. The molecule has 0 aromatic rings. The number of carboxylic acids is 1. The number of nitrogens with one attached hydrogen (secondary N) is 1. The van der Waals surface area contributed by atoms with Gasteiger partial charge in [0.1, 0.15) is 0 Å². The fourth-order valence-electron chi connectivity index (χ4n) is 1.83. The van der Waals surface area contributed by atoms with E-state index in [2.05, 4.69) is 5.32 Å². The first kappa shape index (κ1) is 14.9. The molecule has 7 heteroatoms. The van der Waals surface area contributed by atoms with E-state index in [0.29, 0.717) is 13.0 Å². The van der Waals surface area contributed by atoms with Crippen LogP contribution in [0.4, 0.5) is 0 Å². The van der Waals surface area contributed by atoms with Crippen molar-refractivity contribution in [3.63, 3.8) is 0 Å². The minimum atomic E-state index is -2.94. The first-order valence-electron chi connectivity index (χ1n) is 5.83. The van der Waals surface area contributed by atoms with Crippen molar-refractivity contribution in [2.24, 2.45) is 11.3 Å². The maximum absolute atomic E-state index is 11.6. The van der Waals surface area contributed by atoms with E-state index in [-0.39, 0.29) is 29.8 Å². The topological polar surface area (TPSA) is 101 Å². The van der Waals surface area contributed by atoms with Crippen molar-refractivity contribution in [1.82, 2.24) is 5.32 Å². The molecular weight excluding hydrogens is 258 g/mol. The predicted octanol–water partition coefficient (Wildman–Crippen LogP) is 0.0382. The molecular formula is C11H19NO5S. The number of amides is 1. The molecule has 0 saturated carbocycles. The van der Waals surface area contributed by atoms with Crippen molar-refractivity contribution in [2.45, 2.75) is 26.7 Å². The molecule has 1 rings (SSSR count). The first-order chi connectivity index (χ1) is 8.12. The molecule has 2 N–H and O–H groups in total. The first-order valence-corrected chi connectivity index (χ1v) is 7.65. The average molecular weight is 277 g/mol. The van der Waals surface area contributed by atoms with Crippen LogP contribution in [0.1, 0.15) is 26.7 Å². The van der Waals surface area contributed by atoms with Crippen molar-refractivity contribution < 1.29 is 23.1 Å². The maximum Gasteiger partial charge on any atom is 0.309 e. The highest BCUT2D eigenvalue weighted by Gasteiger charge is 2.31. The Labute approximate surface area is 107 Å². The summed E-state index contributed by atoms with van der Waals surface area (Å²) in [5, 5.41) is 11.5. The Balaban J connectivity index is 2.37. The molecule has 0 spiro atoms. The molecule has 1 heterocycles. The van der Waals surface area contributed by atoms with Gasteiger partial charge in [0.05, 0.1) is 16.9 Å². The van der Waals surface area contributed by atoms with Crippen LogP contribution < -0.4 is 5.32 Å². The summed E-state index contributed by atoms with van der Waals surface area (Å²) in [4.78, 5) is 22.4. The highest BCUT2D eigenvalue weighted by molar-refractivity contribution is 7.91. The number of carboxylic acid groups (broad SMARTS) is 1. The lowest BCUT2D eigenvalue weighted by Crippen LogP contribution is -2.35. The van der Waals surface area contributed by atoms with E-state index in [0.717, 1.165) is 0 Å². The van der Waals surface area contributed by atoms with Crippen LogP contribution in [0.5, 0.6) is 0 Å². The standard InChI is InChI=1S/C11H19NO5S/c1-11(2,10(14)15)5-9(13)12-6-8-3-4-18(16,17)7-8/h8H,3-7H2,1-2H3,(H,12,13)(H,14,15). The van der Waals surface area contributed by atoms with Crippen LogP contribution in [-0.2, 0) is 19.4 Å². The summed E-state index contributed by atoms with van der Waals surface area (Å²) in [6.45, 7) is 3.26. The summed E-state index contributed by atoms with van der Waals surface area (Å²) in [5.74, 6) is -1.15. The second-order valence-electron chi connectivity index (χ2n) is 5.44. The maximum atomic E-state index is 11.6. The molecule has 0 aromatic heterocycles. The average Bonchev–Trinajstić information content (AvgIpc) is 2.54. The number of hydrogen-bond acceptors (Lipinski definition) is 4. The summed E-state index contributed by atoms with van der Waals surface area (Å²) in [6, 6.07) is 0. The number of sulfone groups is 1. The minimum Gasteiger partial charge on any atom is -0.481 e. The molecule has 0 bridgehead atoms. The third-order valence-electron chi connectivity index (χ3n) is 3.10. The molecule has 0 radical (unpaired) electrons. The monoisotopic (exact) mass is 277 g/mol. The molecule has 1 aliphatic rings. The number of carbonyl (C=O) groups is 2. The summed E-state index contributed by atoms with van der Waals surface area (Å²) in [7, 11) is -2.94. The van der Waals surface area contributed by atoms with E-state index >= 15 is 0 Å².